The summed E-state index contributed by atoms with van der Waals surface area (Å²) in [6.45, 7) is 1.34. The van der Waals surface area contributed by atoms with Crippen LogP contribution >= 0.6 is 11.8 Å². The molecule has 8 nitrogen and oxygen atoms in total. The van der Waals surface area contributed by atoms with Crippen LogP contribution in [0, 0.1) is 6.92 Å². The Morgan fingerprint density at radius 2 is 1.66 bits per heavy atom. The molecule has 0 unspecified atom stereocenters. The van der Waals surface area contributed by atoms with Crippen LogP contribution in [-0.4, -0.2) is 54.0 Å². The number of hydrogen-bond acceptors (Lipinski definition) is 6. The van der Waals surface area contributed by atoms with Gasteiger partial charge in [-0.15, -0.1) is 11.8 Å². The molecule has 2 aromatic carbocycles. The van der Waals surface area contributed by atoms with Gasteiger partial charge in [-0.1, -0.05) is 49.1 Å². The average molecular weight is 498 g/mol. The highest BCUT2D eigenvalue weighted by Crippen LogP contribution is 2.26. The molecule has 3 amide bonds. The monoisotopic (exact) mass is 497 g/mol. The standard InChI is InChI=1S/C26H31N3O5S/c1-18-12-14-19(15-13-18)25(32)28-27-23(30)16-34-26(33)21-10-6-7-11-22(21)35-17-24(31)29(2)20-8-4-3-5-9-20/h6-7,10-15,20H,3-5,8-9,16-17H2,1-2H3,(H,27,30)(H,28,32). The van der Waals surface area contributed by atoms with Gasteiger partial charge in [0.05, 0.1) is 11.3 Å². The van der Waals surface area contributed by atoms with E-state index in [2.05, 4.69) is 10.9 Å². The van der Waals surface area contributed by atoms with E-state index in [4.69, 9.17) is 4.74 Å². The highest BCUT2D eigenvalue weighted by Gasteiger charge is 2.23. The second-order valence-electron chi connectivity index (χ2n) is 8.53. The number of benzene rings is 2. The number of aryl methyl sites for hydroxylation is 1. The zero-order valence-corrected chi connectivity index (χ0v) is 20.9. The molecule has 3 rings (SSSR count). The third-order valence-electron chi connectivity index (χ3n) is 5.94. The summed E-state index contributed by atoms with van der Waals surface area (Å²) in [6.07, 6.45) is 5.58. The van der Waals surface area contributed by atoms with E-state index >= 15 is 0 Å². The first-order chi connectivity index (χ1) is 16.8. The van der Waals surface area contributed by atoms with Crippen molar-refractivity contribution in [2.45, 2.75) is 50.0 Å². The van der Waals surface area contributed by atoms with Crippen molar-refractivity contribution in [3.05, 3.63) is 65.2 Å². The van der Waals surface area contributed by atoms with Crippen LogP contribution in [-0.2, 0) is 14.3 Å². The fourth-order valence-corrected chi connectivity index (χ4v) is 4.79. The van der Waals surface area contributed by atoms with Crippen LogP contribution < -0.4 is 10.9 Å². The van der Waals surface area contributed by atoms with Gasteiger partial charge in [0.25, 0.3) is 11.8 Å². The molecule has 0 aliphatic heterocycles. The molecule has 0 atom stereocenters. The van der Waals surface area contributed by atoms with Crippen LogP contribution in [0.4, 0.5) is 0 Å². The van der Waals surface area contributed by atoms with Gasteiger partial charge in [-0.2, -0.15) is 0 Å². The smallest absolute Gasteiger partial charge is 0.339 e. The van der Waals surface area contributed by atoms with Gasteiger partial charge in [0.15, 0.2) is 6.61 Å². The molecule has 35 heavy (non-hydrogen) atoms. The van der Waals surface area contributed by atoms with E-state index in [0.29, 0.717) is 10.5 Å². The molecule has 1 aliphatic carbocycles. The molecular weight excluding hydrogens is 466 g/mol. The molecule has 1 aliphatic rings. The van der Waals surface area contributed by atoms with Crippen LogP contribution in [0.25, 0.3) is 0 Å². The summed E-state index contributed by atoms with van der Waals surface area (Å²) in [5.74, 6) is -1.60. The van der Waals surface area contributed by atoms with Crippen LogP contribution in [0.5, 0.6) is 0 Å². The predicted molar refractivity (Wildman–Crippen MR) is 134 cm³/mol. The number of ether oxygens (including phenoxy) is 1. The molecule has 1 fully saturated rings. The molecule has 2 aromatic rings. The van der Waals surface area contributed by atoms with Crippen LogP contribution in [0.2, 0.25) is 0 Å². The molecule has 0 spiro atoms. The zero-order valence-electron chi connectivity index (χ0n) is 20.0. The Morgan fingerprint density at radius 3 is 2.37 bits per heavy atom. The van der Waals surface area contributed by atoms with Gasteiger partial charge >= 0.3 is 5.97 Å². The Hall–Kier alpha value is -3.33. The van der Waals surface area contributed by atoms with Gasteiger partial charge in [0.2, 0.25) is 5.91 Å². The number of nitrogens with one attached hydrogen (secondary N) is 2. The molecule has 0 radical (unpaired) electrons. The quantitative estimate of drug-likeness (QED) is 0.329. The summed E-state index contributed by atoms with van der Waals surface area (Å²) in [7, 11) is 1.84. The van der Waals surface area contributed by atoms with E-state index in [-0.39, 0.29) is 23.3 Å². The summed E-state index contributed by atoms with van der Waals surface area (Å²) in [6, 6.07) is 14.0. The number of carbonyl (C=O) groups excluding carboxylic acids is 4. The van der Waals surface area contributed by atoms with E-state index < -0.39 is 24.4 Å². The number of hydrogen-bond donors (Lipinski definition) is 2. The molecule has 1 saturated carbocycles. The first kappa shape index (κ1) is 26.3. The first-order valence-electron chi connectivity index (χ1n) is 11.7. The number of carbonyl (C=O) groups is 4. The fraction of sp³-hybridized carbons (Fsp3) is 0.385. The zero-order chi connectivity index (χ0) is 25.2. The van der Waals surface area contributed by atoms with E-state index in [1.807, 2.05) is 18.9 Å². The third kappa shape index (κ3) is 7.85. The maximum Gasteiger partial charge on any atom is 0.339 e. The first-order valence-corrected chi connectivity index (χ1v) is 12.6. The van der Waals surface area contributed by atoms with E-state index in [9.17, 15) is 19.2 Å². The molecule has 2 N–H and O–H groups in total. The van der Waals surface area contributed by atoms with Crippen molar-refractivity contribution in [3.8, 4) is 0 Å². The lowest BCUT2D eigenvalue weighted by atomic mass is 9.94. The summed E-state index contributed by atoms with van der Waals surface area (Å²) in [5.41, 5.74) is 6.20. The number of hydrazine groups is 1. The Balaban J connectivity index is 1.47. The molecule has 0 heterocycles. The fourth-order valence-electron chi connectivity index (χ4n) is 3.82. The van der Waals surface area contributed by atoms with Crippen molar-refractivity contribution in [1.82, 2.24) is 15.8 Å². The SMILES string of the molecule is Cc1ccc(C(=O)NNC(=O)COC(=O)c2ccccc2SCC(=O)N(C)C2CCCCC2)cc1. The Labute approximate surface area is 209 Å². The van der Waals surface area contributed by atoms with Gasteiger partial charge in [0.1, 0.15) is 0 Å². The highest BCUT2D eigenvalue weighted by atomic mass is 32.2. The van der Waals surface area contributed by atoms with E-state index in [0.717, 1.165) is 31.2 Å². The summed E-state index contributed by atoms with van der Waals surface area (Å²) in [4.78, 5) is 51.8. The maximum atomic E-state index is 12.7. The Morgan fingerprint density at radius 1 is 0.971 bits per heavy atom. The van der Waals surface area contributed by atoms with Gasteiger partial charge in [-0.05, 0) is 44.0 Å². The van der Waals surface area contributed by atoms with Gasteiger partial charge in [0, 0.05) is 23.5 Å². The summed E-state index contributed by atoms with van der Waals surface area (Å²) >= 11 is 1.27. The largest absolute Gasteiger partial charge is 0.452 e. The van der Waals surface area contributed by atoms with Crippen molar-refractivity contribution < 1.29 is 23.9 Å². The molecular formula is C26H31N3O5S. The van der Waals surface area contributed by atoms with Gasteiger partial charge in [-0.3, -0.25) is 25.2 Å². The third-order valence-corrected chi connectivity index (χ3v) is 7.00. The number of thioether (sulfide) groups is 1. The van der Waals surface area contributed by atoms with Crippen molar-refractivity contribution in [2.24, 2.45) is 0 Å². The molecule has 9 heteroatoms. The number of esters is 1. The summed E-state index contributed by atoms with van der Waals surface area (Å²) < 4.78 is 5.12. The minimum atomic E-state index is -0.679. The van der Waals surface area contributed by atoms with Gasteiger partial charge < -0.3 is 9.64 Å². The lowest BCUT2D eigenvalue weighted by molar-refractivity contribution is -0.129. The maximum absolute atomic E-state index is 12.7. The predicted octanol–water partition coefficient (Wildman–Crippen LogP) is 3.50. The van der Waals surface area contributed by atoms with Crippen molar-refractivity contribution in [3.63, 3.8) is 0 Å². The van der Waals surface area contributed by atoms with Crippen LogP contribution in [0.15, 0.2) is 53.4 Å². The van der Waals surface area contributed by atoms with Crippen molar-refractivity contribution in [2.75, 3.05) is 19.4 Å². The minimum absolute atomic E-state index is 0.0220. The van der Waals surface area contributed by atoms with Crippen molar-refractivity contribution >= 4 is 35.5 Å². The topological polar surface area (TPSA) is 105 Å². The Bertz CT molecular complexity index is 1050. The lowest BCUT2D eigenvalue weighted by Crippen LogP contribution is -2.43. The highest BCUT2D eigenvalue weighted by molar-refractivity contribution is 8.00. The van der Waals surface area contributed by atoms with Crippen LogP contribution in [0.1, 0.15) is 58.4 Å². The molecule has 0 aromatic heterocycles. The Kier molecular flexibility index (Phi) is 9.72. The molecule has 0 bridgehead atoms. The van der Waals surface area contributed by atoms with Gasteiger partial charge in [-0.25, -0.2) is 4.79 Å². The molecule has 186 valence electrons. The van der Waals surface area contributed by atoms with E-state index in [1.165, 1.54) is 18.2 Å². The number of nitrogens with zero attached hydrogens (tertiary/aromatic N) is 1. The number of rotatable bonds is 8. The summed E-state index contributed by atoms with van der Waals surface area (Å²) in [5, 5.41) is 0. The van der Waals surface area contributed by atoms with E-state index in [1.54, 1.807) is 48.5 Å². The lowest BCUT2D eigenvalue weighted by Gasteiger charge is -2.31. The van der Waals surface area contributed by atoms with Crippen LogP contribution in [0.3, 0.4) is 0 Å². The minimum Gasteiger partial charge on any atom is -0.452 e. The second kappa shape index (κ2) is 12.9. The average Bonchev–Trinajstić information content (AvgIpc) is 2.89. The molecule has 0 saturated heterocycles. The second-order valence-corrected chi connectivity index (χ2v) is 9.54. The number of amides is 3. The normalized spacial score (nSPS) is 13.5. The van der Waals surface area contributed by atoms with Crippen molar-refractivity contribution in [1.29, 1.82) is 0 Å².